The molecule has 0 saturated carbocycles. The topological polar surface area (TPSA) is 20.3 Å². The van der Waals surface area contributed by atoms with E-state index in [1.54, 1.807) is 11.9 Å². The quantitative estimate of drug-likeness (QED) is 0.725. The molecule has 1 radical (unpaired) electrons. The third-order valence-electron chi connectivity index (χ3n) is 2.93. The van der Waals surface area contributed by atoms with E-state index in [2.05, 4.69) is 37.6 Å². The van der Waals surface area contributed by atoms with E-state index in [1.807, 2.05) is 12.1 Å². The number of nitrogens with zero attached hydrogens (tertiary/aromatic N) is 1. The van der Waals surface area contributed by atoms with Gasteiger partial charge in [0.05, 0.1) is 0 Å². The number of carbonyl (C=O) groups excluding carboxylic acids is 1. The molecule has 0 unspecified atom stereocenters. The number of allylic oxidation sites excluding steroid dienone is 4. The van der Waals surface area contributed by atoms with Gasteiger partial charge in [-0.3, -0.25) is 4.79 Å². The summed E-state index contributed by atoms with van der Waals surface area (Å²) >= 11 is 0. The molecule has 0 aromatic heterocycles. The summed E-state index contributed by atoms with van der Waals surface area (Å²) in [6, 6.07) is 8.03. The van der Waals surface area contributed by atoms with E-state index in [1.165, 1.54) is 16.7 Å². The van der Waals surface area contributed by atoms with Crippen LogP contribution in [-0.4, -0.2) is 13.5 Å². The van der Waals surface area contributed by atoms with Gasteiger partial charge in [0, 0.05) is 12.7 Å². The van der Waals surface area contributed by atoms with Gasteiger partial charge in [-0.1, -0.05) is 29.9 Å². The first-order chi connectivity index (χ1) is 8.20. The first-order valence-corrected chi connectivity index (χ1v) is 5.71. The van der Waals surface area contributed by atoms with Gasteiger partial charge < -0.3 is 4.90 Å². The van der Waals surface area contributed by atoms with Crippen LogP contribution in [-0.2, 0) is 4.79 Å². The van der Waals surface area contributed by atoms with Crippen molar-refractivity contribution in [3.8, 4) is 0 Å². The summed E-state index contributed by atoms with van der Waals surface area (Å²) in [6.45, 7) is 2.11. The Morgan fingerprint density at radius 3 is 2.53 bits per heavy atom. The minimum absolute atomic E-state index is 0.813. The molecule has 0 bridgehead atoms. The fourth-order valence-corrected chi connectivity index (χ4v) is 1.89. The van der Waals surface area contributed by atoms with E-state index in [4.69, 9.17) is 0 Å². The van der Waals surface area contributed by atoms with Gasteiger partial charge in [0.25, 0.3) is 0 Å². The predicted octanol–water partition coefficient (Wildman–Crippen LogP) is 3.22. The Hall–Kier alpha value is -1.83. The maximum Gasteiger partial charge on any atom is 0.213 e. The highest BCUT2D eigenvalue weighted by molar-refractivity contribution is 5.79. The highest BCUT2D eigenvalue weighted by Crippen LogP contribution is 2.26. The first-order valence-electron chi connectivity index (χ1n) is 5.71. The smallest absolute Gasteiger partial charge is 0.213 e. The number of hydrogen-bond acceptors (Lipinski definition) is 1. The molecule has 2 heteroatoms. The molecule has 2 rings (SSSR count). The van der Waals surface area contributed by atoms with Crippen LogP contribution in [0, 0.1) is 6.42 Å². The van der Waals surface area contributed by atoms with Crippen molar-refractivity contribution in [1.29, 1.82) is 0 Å². The van der Waals surface area contributed by atoms with E-state index in [0.29, 0.717) is 0 Å². The molecular weight excluding hydrogens is 210 g/mol. The molecular formula is C15H16NO. The fourth-order valence-electron chi connectivity index (χ4n) is 1.89. The minimum atomic E-state index is 0.813. The van der Waals surface area contributed by atoms with Gasteiger partial charge in [-0.15, -0.1) is 0 Å². The zero-order valence-corrected chi connectivity index (χ0v) is 10.2. The number of benzene rings is 1. The second-order valence-electron chi connectivity index (χ2n) is 4.25. The van der Waals surface area contributed by atoms with Crippen LogP contribution < -0.4 is 4.90 Å². The standard InChI is InChI=1S/C15H16NO/c1-12-4-3-5-14(10-12)13-6-8-15(9-7-13)16(2)11-17/h4-11H,3H2,1-2H3. The predicted molar refractivity (Wildman–Crippen MR) is 71.6 cm³/mol. The van der Waals surface area contributed by atoms with Crippen LogP contribution in [0.2, 0.25) is 0 Å². The Bertz CT molecular complexity index is 468. The van der Waals surface area contributed by atoms with Gasteiger partial charge in [-0.2, -0.15) is 0 Å². The third-order valence-corrected chi connectivity index (χ3v) is 2.93. The minimum Gasteiger partial charge on any atom is -0.318 e. The zero-order valence-electron chi connectivity index (χ0n) is 10.2. The lowest BCUT2D eigenvalue weighted by atomic mass is 9.94. The molecule has 1 aromatic rings. The van der Waals surface area contributed by atoms with Crippen molar-refractivity contribution in [2.75, 3.05) is 11.9 Å². The van der Waals surface area contributed by atoms with Crippen LogP contribution in [0.4, 0.5) is 5.69 Å². The van der Waals surface area contributed by atoms with E-state index in [-0.39, 0.29) is 0 Å². The third kappa shape index (κ3) is 2.64. The van der Waals surface area contributed by atoms with E-state index in [9.17, 15) is 4.79 Å². The molecule has 1 aliphatic carbocycles. The molecule has 0 saturated heterocycles. The van der Waals surface area contributed by atoms with Crippen molar-refractivity contribution in [2.45, 2.75) is 13.3 Å². The van der Waals surface area contributed by atoms with E-state index < -0.39 is 0 Å². The lowest BCUT2D eigenvalue weighted by molar-refractivity contribution is -0.107. The fraction of sp³-hybridized carbons (Fsp3) is 0.200. The molecule has 0 aliphatic heterocycles. The Morgan fingerprint density at radius 2 is 1.94 bits per heavy atom. The summed E-state index contributed by atoms with van der Waals surface area (Å²) in [6.07, 6.45) is 8.41. The highest BCUT2D eigenvalue weighted by atomic mass is 16.1. The summed E-state index contributed by atoms with van der Waals surface area (Å²) < 4.78 is 0. The molecule has 0 fully saturated rings. The second kappa shape index (κ2) is 5.00. The van der Waals surface area contributed by atoms with Crippen LogP contribution in [0.5, 0.6) is 0 Å². The van der Waals surface area contributed by atoms with Crippen LogP contribution in [0.25, 0.3) is 5.57 Å². The van der Waals surface area contributed by atoms with Crippen molar-refractivity contribution in [3.63, 3.8) is 0 Å². The summed E-state index contributed by atoms with van der Waals surface area (Å²) in [4.78, 5) is 12.2. The average molecular weight is 226 g/mol. The number of anilines is 1. The Morgan fingerprint density at radius 1 is 1.24 bits per heavy atom. The summed E-state index contributed by atoms with van der Waals surface area (Å²) in [7, 11) is 1.75. The molecule has 2 nitrogen and oxygen atoms in total. The Labute approximate surface area is 102 Å². The number of rotatable bonds is 3. The molecule has 0 N–H and O–H groups in total. The lowest BCUT2D eigenvalue weighted by Gasteiger charge is -2.14. The zero-order chi connectivity index (χ0) is 12.3. The first kappa shape index (κ1) is 11.6. The monoisotopic (exact) mass is 226 g/mol. The lowest BCUT2D eigenvalue weighted by Crippen LogP contribution is -2.13. The number of hydrogen-bond donors (Lipinski definition) is 0. The van der Waals surface area contributed by atoms with Gasteiger partial charge >= 0.3 is 0 Å². The normalized spacial score (nSPS) is 14.9. The number of amides is 1. The average Bonchev–Trinajstić information content (AvgIpc) is 2.38. The van der Waals surface area contributed by atoms with Crippen molar-refractivity contribution < 1.29 is 4.79 Å². The SMILES string of the molecule is CC1=CC[CH]C(c2ccc(N(C)C=O)cc2)=C1. The summed E-state index contributed by atoms with van der Waals surface area (Å²) in [5.74, 6) is 0. The van der Waals surface area contributed by atoms with E-state index >= 15 is 0 Å². The van der Waals surface area contributed by atoms with Crippen molar-refractivity contribution in [2.24, 2.45) is 0 Å². The van der Waals surface area contributed by atoms with Crippen molar-refractivity contribution >= 4 is 17.7 Å². The van der Waals surface area contributed by atoms with Crippen LogP contribution >= 0.6 is 0 Å². The van der Waals surface area contributed by atoms with Gasteiger partial charge in [0.1, 0.15) is 0 Å². The molecule has 87 valence electrons. The van der Waals surface area contributed by atoms with Gasteiger partial charge in [-0.05, 0) is 43.0 Å². The van der Waals surface area contributed by atoms with Gasteiger partial charge in [0.2, 0.25) is 6.41 Å². The van der Waals surface area contributed by atoms with Crippen molar-refractivity contribution in [3.05, 3.63) is 54.0 Å². The van der Waals surface area contributed by atoms with Crippen LogP contribution in [0.1, 0.15) is 18.9 Å². The highest BCUT2D eigenvalue weighted by Gasteiger charge is 2.06. The van der Waals surface area contributed by atoms with Crippen LogP contribution in [0.3, 0.4) is 0 Å². The molecule has 0 heterocycles. The number of carbonyl (C=O) groups is 1. The Balaban J connectivity index is 2.24. The molecule has 1 amide bonds. The van der Waals surface area contributed by atoms with E-state index in [0.717, 1.165) is 18.5 Å². The van der Waals surface area contributed by atoms with Gasteiger partial charge in [0.15, 0.2) is 0 Å². The van der Waals surface area contributed by atoms with Gasteiger partial charge in [-0.25, -0.2) is 0 Å². The summed E-state index contributed by atoms with van der Waals surface area (Å²) in [5, 5.41) is 0. The van der Waals surface area contributed by atoms with Crippen molar-refractivity contribution in [1.82, 2.24) is 0 Å². The molecule has 1 aromatic carbocycles. The maximum atomic E-state index is 10.6. The van der Waals surface area contributed by atoms with Crippen LogP contribution in [0.15, 0.2) is 42.0 Å². The second-order valence-corrected chi connectivity index (χ2v) is 4.25. The molecule has 0 atom stereocenters. The summed E-state index contributed by atoms with van der Waals surface area (Å²) in [5.41, 5.74) is 4.66. The molecule has 17 heavy (non-hydrogen) atoms. The molecule has 1 aliphatic rings. The molecule has 0 spiro atoms. The maximum absolute atomic E-state index is 10.6. The Kier molecular flexibility index (Phi) is 3.43. The largest absolute Gasteiger partial charge is 0.318 e.